The fourth-order valence-electron chi connectivity index (χ4n) is 3.50. The van der Waals surface area contributed by atoms with Crippen LogP contribution in [0.15, 0.2) is 72.6 Å². The van der Waals surface area contributed by atoms with Gasteiger partial charge in [0.2, 0.25) is 0 Å². The van der Waals surface area contributed by atoms with Gasteiger partial charge < -0.3 is 4.43 Å². The van der Waals surface area contributed by atoms with Gasteiger partial charge in [-0.3, -0.25) is 4.79 Å². The van der Waals surface area contributed by atoms with Crippen LogP contribution in [0, 0.1) is 5.92 Å². The smallest absolute Gasteiger partial charge is 0.261 e. The summed E-state index contributed by atoms with van der Waals surface area (Å²) >= 11 is 0. The molecular formula is C23H29FO2Si. The van der Waals surface area contributed by atoms with E-state index >= 15 is 0 Å². The highest BCUT2D eigenvalue weighted by Crippen LogP contribution is 2.38. The second-order valence-corrected chi connectivity index (χ2v) is 12.3. The van der Waals surface area contributed by atoms with Gasteiger partial charge in [-0.15, -0.1) is 0 Å². The number of carbonyl (C=O) groups excluding carboxylic acids is 1. The standard InChI is InChI=1S/C23H29FO2Si/c1-18(16-20(24)17-25)19(2)26-27(23(3,4)5,21-12-8-6-9-13-21)22-14-10-7-11-15-22/h6-19H,1-5H3/b20-16+/t18-,19?/m1/s1. The molecule has 2 rings (SSSR count). The third kappa shape index (κ3) is 4.63. The topological polar surface area (TPSA) is 26.3 Å². The van der Waals surface area contributed by atoms with Gasteiger partial charge in [0.15, 0.2) is 12.1 Å². The number of halogens is 1. The Morgan fingerprint density at radius 1 is 0.963 bits per heavy atom. The fourth-order valence-corrected chi connectivity index (χ4v) is 8.29. The van der Waals surface area contributed by atoms with Crippen LogP contribution in [-0.4, -0.2) is 20.7 Å². The molecule has 0 aromatic heterocycles. The van der Waals surface area contributed by atoms with Crippen molar-refractivity contribution >= 4 is 25.0 Å². The average molecular weight is 385 g/mol. The van der Waals surface area contributed by atoms with Crippen molar-refractivity contribution in [1.29, 1.82) is 0 Å². The number of carbonyl (C=O) groups is 1. The Bertz CT molecular complexity index is 726. The second kappa shape index (κ2) is 8.76. The summed E-state index contributed by atoms with van der Waals surface area (Å²) in [6.45, 7) is 10.5. The number of rotatable bonds is 7. The van der Waals surface area contributed by atoms with Crippen LogP contribution in [0.1, 0.15) is 34.6 Å². The van der Waals surface area contributed by atoms with Crippen LogP contribution in [0.2, 0.25) is 5.04 Å². The first-order chi connectivity index (χ1) is 12.7. The zero-order valence-corrected chi connectivity index (χ0v) is 17.8. The number of aldehydes is 1. The summed E-state index contributed by atoms with van der Waals surface area (Å²) in [6, 6.07) is 20.7. The predicted octanol–water partition coefficient (Wildman–Crippen LogP) is 4.64. The van der Waals surface area contributed by atoms with Crippen LogP contribution in [0.25, 0.3) is 0 Å². The first kappa shape index (κ1) is 21.3. The summed E-state index contributed by atoms with van der Waals surface area (Å²) in [5.41, 5.74) is 0. The molecule has 0 N–H and O–H groups in total. The first-order valence-corrected chi connectivity index (χ1v) is 11.2. The first-order valence-electron chi connectivity index (χ1n) is 9.33. The molecule has 0 amide bonds. The molecular weight excluding hydrogens is 355 g/mol. The van der Waals surface area contributed by atoms with Crippen molar-refractivity contribution in [3.05, 3.63) is 72.6 Å². The van der Waals surface area contributed by atoms with Crippen LogP contribution in [-0.2, 0) is 9.22 Å². The lowest BCUT2D eigenvalue weighted by Gasteiger charge is -2.45. The van der Waals surface area contributed by atoms with E-state index in [1.807, 2.05) is 50.2 Å². The molecule has 0 saturated heterocycles. The molecule has 0 fully saturated rings. The molecule has 2 aromatic carbocycles. The zero-order valence-electron chi connectivity index (χ0n) is 16.8. The van der Waals surface area contributed by atoms with Gasteiger partial charge in [-0.2, -0.15) is 0 Å². The molecule has 2 aromatic rings. The molecule has 0 radical (unpaired) electrons. The minimum Gasteiger partial charge on any atom is -0.404 e. The van der Waals surface area contributed by atoms with Crippen molar-refractivity contribution < 1.29 is 13.6 Å². The molecule has 2 atom stereocenters. The second-order valence-electron chi connectivity index (χ2n) is 8.01. The Labute approximate surface area is 163 Å². The number of hydrogen-bond donors (Lipinski definition) is 0. The fraction of sp³-hybridized carbons (Fsp3) is 0.348. The molecule has 27 heavy (non-hydrogen) atoms. The van der Waals surface area contributed by atoms with Gasteiger partial charge >= 0.3 is 0 Å². The highest BCUT2D eigenvalue weighted by molar-refractivity contribution is 6.99. The van der Waals surface area contributed by atoms with Crippen molar-refractivity contribution in [2.75, 3.05) is 0 Å². The Morgan fingerprint density at radius 3 is 1.78 bits per heavy atom. The van der Waals surface area contributed by atoms with Gasteiger partial charge in [-0.1, -0.05) is 88.4 Å². The van der Waals surface area contributed by atoms with E-state index < -0.39 is 14.1 Å². The number of hydrogen-bond acceptors (Lipinski definition) is 2. The molecule has 0 aliphatic rings. The molecule has 0 aliphatic carbocycles. The Balaban J connectivity index is 2.61. The lowest BCUT2D eigenvalue weighted by Crippen LogP contribution is -2.67. The van der Waals surface area contributed by atoms with Crippen LogP contribution in [0.3, 0.4) is 0 Å². The number of benzene rings is 2. The maximum absolute atomic E-state index is 13.5. The van der Waals surface area contributed by atoms with Gasteiger partial charge in [0.05, 0.1) is 0 Å². The maximum atomic E-state index is 13.5. The Kier molecular flexibility index (Phi) is 6.90. The summed E-state index contributed by atoms with van der Waals surface area (Å²) in [4.78, 5) is 10.7. The van der Waals surface area contributed by atoms with E-state index in [1.54, 1.807) is 0 Å². The maximum Gasteiger partial charge on any atom is 0.261 e. The molecule has 0 heterocycles. The molecule has 0 aliphatic heterocycles. The van der Waals surface area contributed by atoms with Gasteiger partial charge in [-0.05, 0) is 28.4 Å². The third-order valence-electron chi connectivity index (χ3n) is 5.05. The molecule has 4 heteroatoms. The van der Waals surface area contributed by atoms with Gasteiger partial charge in [0.25, 0.3) is 8.32 Å². The Morgan fingerprint density at radius 2 is 1.41 bits per heavy atom. The summed E-state index contributed by atoms with van der Waals surface area (Å²) in [5, 5.41) is 2.22. The monoisotopic (exact) mass is 384 g/mol. The lowest BCUT2D eigenvalue weighted by atomic mass is 10.1. The molecule has 0 saturated carbocycles. The summed E-state index contributed by atoms with van der Waals surface area (Å²) < 4.78 is 20.4. The van der Waals surface area contributed by atoms with E-state index in [0.29, 0.717) is 0 Å². The highest BCUT2D eigenvalue weighted by atomic mass is 28.4. The van der Waals surface area contributed by atoms with E-state index in [-0.39, 0.29) is 23.3 Å². The van der Waals surface area contributed by atoms with Crippen molar-refractivity contribution in [1.82, 2.24) is 0 Å². The van der Waals surface area contributed by atoms with Crippen LogP contribution >= 0.6 is 0 Å². The normalized spacial score (nSPS) is 15.3. The largest absolute Gasteiger partial charge is 0.404 e. The molecule has 2 nitrogen and oxygen atoms in total. The van der Waals surface area contributed by atoms with E-state index in [4.69, 9.17) is 4.43 Å². The van der Waals surface area contributed by atoms with Crippen LogP contribution in [0.4, 0.5) is 4.39 Å². The highest BCUT2D eigenvalue weighted by Gasteiger charge is 2.51. The minimum absolute atomic E-state index is 0.142. The third-order valence-corrected chi connectivity index (χ3v) is 10.2. The van der Waals surface area contributed by atoms with Crippen LogP contribution in [0.5, 0.6) is 0 Å². The Hall–Kier alpha value is -2.04. The van der Waals surface area contributed by atoms with E-state index in [1.165, 1.54) is 16.4 Å². The average Bonchev–Trinajstić information content (AvgIpc) is 2.66. The quantitative estimate of drug-likeness (QED) is 0.395. The van der Waals surface area contributed by atoms with Gasteiger partial charge in [0.1, 0.15) is 0 Å². The molecule has 0 bridgehead atoms. The SMILES string of the molecule is CC(O[Si](c1ccccc1)(c1ccccc1)C(C)(C)C)[C@H](C)/C=C(/F)C=O. The van der Waals surface area contributed by atoms with Crippen molar-refractivity contribution in [2.45, 2.75) is 45.8 Å². The molecule has 1 unspecified atom stereocenters. The van der Waals surface area contributed by atoms with Crippen molar-refractivity contribution in [3.8, 4) is 0 Å². The molecule has 0 spiro atoms. The van der Waals surface area contributed by atoms with E-state index in [0.717, 1.165) is 0 Å². The summed E-state index contributed by atoms with van der Waals surface area (Å²) in [7, 11) is -2.68. The van der Waals surface area contributed by atoms with Crippen molar-refractivity contribution in [2.24, 2.45) is 5.92 Å². The minimum atomic E-state index is -2.68. The van der Waals surface area contributed by atoms with Gasteiger partial charge in [0, 0.05) is 12.0 Å². The van der Waals surface area contributed by atoms with Gasteiger partial charge in [-0.25, -0.2) is 4.39 Å². The molecule has 144 valence electrons. The van der Waals surface area contributed by atoms with E-state index in [2.05, 4.69) is 45.0 Å². The summed E-state index contributed by atoms with van der Waals surface area (Å²) in [5.74, 6) is -0.975. The van der Waals surface area contributed by atoms with E-state index in [9.17, 15) is 9.18 Å². The summed E-state index contributed by atoms with van der Waals surface area (Å²) in [6.07, 6.45) is 1.34. The van der Waals surface area contributed by atoms with Crippen LogP contribution < -0.4 is 10.4 Å². The lowest BCUT2D eigenvalue weighted by molar-refractivity contribution is -0.106. The zero-order chi connectivity index (χ0) is 20.1. The predicted molar refractivity (Wildman–Crippen MR) is 113 cm³/mol. The van der Waals surface area contributed by atoms with Crippen molar-refractivity contribution in [3.63, 3.8) is 0 Å². The number of allylic oxidation sites excluding steroid dienone is 1.